The van der Waals surface area contributed by atoms with Crippen molar-refractivity contribution < 1.29 is 0 Å². The fraction of sp³-hybridized carbons (Fsp3) is 0.143. The van der Waals surface area contributed by atoms with Crippen molar-refractivity contribution in [1.29, 1.82) is 0 Å². The topological polar surface area (TPSA) is 71.2 Å². The quantitative estimate of drug-likeness (QED) is 0.557. The Hall–Kier alpha value is -3.14. The van der Waals surface area contributed by atoms with E-state index in [0.29, 0.717) is 18.5 Å². The van der Waals surface area contributed by atoms with E-state index in [0.717, 1.165) is 22.4 Å². The van der Waals surface area contributed by atoms with E-state index >= 15 is 0 Å². The van der Waals surface area contributed by atoms with Crippen LogP contribution in [-0.2, 0) is 13.0 Å². The highest BCUT2D eigenvalue weighted by atomic mass is 16.1. The molecule has 0 fully saturated rings. The third-order valence-corrected chi connectivity index (χ3v) is 4.02. The molecule has 1 heterocycles. The molecule has 0 spiro atoms. The number of hydrogen-bond donors (Lipinski definition) is 2. The van der Waals surface area contributed by atoms with Gasteiger partial charge in [-0.25, -0.2) is 0 Å². The molecule has 0 radical (unpaired) electrons. The molecule has 4 nitrogen and oxygen atoms in total. The molecular formula is C21H21N3O. The van der Waals surface area contributed by atoms with Crippen molar-refractivity contribution in [2.24, 2.45) is 10.7 Å². The van der Waals surface area contributed by atoms with Gasteiger partial charge >= 0.3 is 0 Å². The number of hydrogen-bond acceptors (Lipinski definition) is 2. The van der Waals surface area contributed by atoms with Gasteiger partial charge < -0.3 is 10.7 Å². The number of aryl methyl sites for hydroxylation is 1. The predicted molar refractivity (Wildman–Crippen MR) is 102 cm³/mol. The highest BCUT2D eigenvalue weighted by molar-refractivity contribution is 5.98. The first-order valence-electron chi connectivity index (χ1n) is 8.24. The predicted octanol–water partition coefficient (Wildman–Crippen LogP) is 3.18. The summed E-state index contributed by atoms with van der Waals surface area (Å²) in [6, 6.07) is 21.8. The molecule has 0 unspecified atom stereocenters. The van der Waals surface area contributed by atoms with E-state index in [4.69, 9.17) is 5.73 Å². The molecule has 0 saturated heterocycles. The van der Waals surface area contributed by atoms with E-state index in [2.05, 4.69) is 9.98 Å². The fourth-order valence-corrected chi connectivity index (χ4v) is 2.83. The monoisotopic (exact) mass is 331 g/mol. The number of nitrogens with two attached hydrogens (primary N) is 1. The third kappa shape index (κ3) is 4.23. The zero-order valence-corrected chi connectivity index (χ0v) is 14.2. The average molecular weight is 331 g/mol. The van der Waals surface area contributed by atoms with Crippen LogP contribution in [-0.4, -0.2) is 10.8 Å². The second-order valence-corrected chi connectivity index (χ2v) is 6.03. The Labute approximate surface area is 147 Å². The normalized spacial score (nSPS) is 11.5. The van der Waals surface area contributed by atoms with Gasteiger partial charge in [-0.05, 0) is 36.1 Å². The maximum atomic E-state index is 12.5. The van der Waals surface area contributed by atoms with Gasteiger partial charge in [0.15, 0.2) is 0 Å². The Morgan fingerprint density at radius 3 is 2.24 bits per heavy atom. The Morgan fingerprint density at radius 1 is 1.00 bits per heavy atom. The minimum atomic E-state index is -0.194. The molecule has 0 aliphatic heterocycles. The van der Waals surface area contributed by atoms with Crippen molar-refractivity contribution in [2.45, 2.75) is 19.9 Å². The first kappa shape index (κ1) is 16.7. The largest absolute Gasteiger partial charge is 0.383 e. The number of benzene rings is 2. The number of pyridine rings is 1. The maximum Gasteiger partial charge on any atom is 0.259 e. The zero-order valence-electron chi connectivity index (χ0n) is 14.2. The van der Waals surface area contributed by atoms with Crippen LogP contribution in [0.5, 0.6) is 0 Å². The molecule has 126 valence electrons. The van der Waals surface area contributed by atoms with Gasteiger partial charge in [0.05, 0.1) is 12.1 Å². The molecular weight excluding hydrogens is 310 g/mol. The Morgan fingerprint density at radius 2 is 1.60 bits per heavy atom. The lowest BCUT2D eigenvalue weighted by molar-refractivity contribution is 1.04. The summed E-state index contributed by atoms with van der Waals surface area (Å²) in [6.07, 6.45) is 0.641. The van der Waals surface area contributed by atoms with Gasteiger partial charge in [0.25, 0.3) is 5.56 Å². The van der Waals surface area contributed by atoms with Crippen molar-refractivity contribution in [1.82, 2.24) is 4.98 Å². The molecule has 2 aromatic carbocycles. The molecule has 1 aromatic heterocycles. The number of amidine groups is 1. The van der Waals surface area contributed by atoms with Crippen LogP contribution in [0.3, 0.4) is 0 Å². The van der Waals surface area contributed by atoms with Crippen LogP contribution in [0.4, 0.5) is 0 Å². The van der Waals surface area contributed by atoms with Gasteiger partial charge in [0.1, 0.15) is 5.84 Å². The summed E-state index contributed by atoms with van der Waals surface area (Å²) in [5.41, 5.74) is 10.3. The number of H-pyrrole nitrogens is 1. The van der Waals surface area contributed by atoms with Crippen LogP contribution in [0.15, 0.2) is 76.5 Å². The van der Waals surface area contributed by atoms with Crippen LogP contribution in [0.25, 0.3) is 0 Å². The van der Waals surface area contributed by atoms with Gasteiger partial charge in [-0.15, -0.1) is 0 Å². The van der Waals surface area contributed by atoms with E-state index < -0.39 is 0 Å². The van der Waals surface area contributed by atoms with E-state index in [-0.39, 0.29) is 11.4 Å². The van der Waals surface area contributed by atoms with Gasteiger partial charge in [0.2, 0.25) is 0 Å². The molecule has 4 heteroatoms. The second-order valence-electron chi connectivity index (χ2n) is 6.03. The summed E-state index contributed by atoms with van der Waals surface area (Å²) < 4.78 is 0. The first-order chi connectivity index (χ1) is 12.1. The van der Waals surface area contributed by atoms with Gasteiger partial charge in [0, 0.05) is 5.69 Å². The van der Waals surface area contributed by atoms with E-state index in [1.54, 1.807) is 0 Å². The fourth-order valence-electron chi connectivity index (χ4n) is 2.83. The van der Waals surface area contributed by atoms with E-state index in [1.807, 2.05) is 73.7 Å². The maximum absolute atomic E-state index is 12.5. The Kier molecular flexibility index (Phi) is 5.09. The van der Waals surface area contributed by atoms with Crippen LogP contribution in [0, 0.1) is 6.92 Å². The van der Waals surface area contributed by atoms with Crippen molar-refractivity contribution >= 4 is 5.84 Å². The van der Waals surface area contributed by atoms with Gasteiger partial charge in [-0.1, -0.05) is 60.7 Å². The zero-order chi connectivity index (χ0) is 17.6. The standard InChI is InChI=1S/C21H21N3O/c1-15-12-18(13-16-8-4-2-5-9-16)19(21(25)24-15)20(22)23-14-17-10-6-3-7-11-17/h2-12H,13-14H2,1H3,(H2,22,23)(H,24,25). The molecule has 0 amide bonds. The molecule has 0 saturated carbocycles. The van der Waals surface area contributed by atoms with Crippen molar-refractivity contribution in [3.05, 3.63) is 105 Å². The number of nitrogens with one attached hydrogen (secondary N) is 1. The SMILES string of the molecule is Cc1cc(Cc2ccccc2)c(C(N)=NCc2ccccc2)c(=O)[nH]1. The summed E-state index contributed by atoms with van der Waals surface area (Å²) in [7, 11) is 0. The smallest absolute Gasteiger partial charge is 0.259 e. The summed E-state index contributed by atoms with van der Waals surface area (Å²) in [6.45, 7) is 2.32. The summed E-state index contributed by atoms with van der Waals surface area (Å²) in [4.78, 5) is 19.7. The van der Waals surface area contributed by atoms with Crippen LogP contribution >= 0.6 is 0 Å². The number of rotatable bonds is 5. The number of nitrogens with zero attached hydrogens (tertiary/aromatic N) is 1. The van der Waals surface area contributed by atoms with Crippen molar-refractivity contribution in [3.63, 3.8) is 0 Å². The Bertz CT molecular complexity index is 928. The molecule has 3 rings (SSSR count). The van der Waals surface area contributed by atoms with Crippen molar-refractivity contribution in [3.8, 4) is 0 Å². The molecule has 0 atom stereocenters. The summed E-state index contributed by atoms with van der Waals surface area (Å²) >= 11 is 0. The first-order valence-corrected chi connectivity index (χ1v) is 8.24. The Balaban J connectivity index is 1.95. The highest BCUT2D eigenvalue weighted by Crippen LogP contribution is 2.13. The minimum Gasteiger partial charge on any atom is -0.383 e. The number of aromatic nitrogens is 1. The molecule has 3 N–H and O–H groups in total. The van der Waals surface area contributed by atoms with Crippen LogP contribution < -0.4 is 11.3 Å². The second kappa shape index (κ2) is 7.62. The van der Waals surface area contributed by atoms with E-state index in [1.165, 1.54) is 0 Å². The molecule has 0 aliphatic rings. The molecule has 0 bridgehead atoms. The lowest BCUT2D eigenvalue weighted by Gasteiger charge is -2.10. The lowest BCUT2D eigenvalue weighted by atomic mass is 10.00. The number of aliphatic imine (C=N–C) groups is 1. The summed E-state index contributed by atoms with van der Waals surface area (Å²) in [5.74, 6) is 0.274. The minimum absolute atomic E-state index is 0.194. The van der Waals surface area contributed by atoms with E-state index in [9.17, 15) is 4.79 Å². The number of aromatic amines is 1. The van der Waals surface area contributed by atoms with Gasteiger partial charge in [-0.2, -0.15) is 0 Å². The molecule has 3 aromatic rings. The molecule has 0 aliphatic carbocycles. The van der Waals surface area contributed by atoms with Crippen LogP contribution in [0.1, 0.15) is 27.9 Å². The molecule has 25 heavy (non-hydrogen) atoms. The lowest BCUT2D eigenvalue weighted by Crippen LogP contribution is -2.27. The van der Waals surface area contributed by atoms with Gasteiger partial charge in [-0.3, -0.25) is 9.79 Å². The van der Waals surface area contributed by atoms with Crippen LogP contribution in [0.2, 0.25) is 0 Å². The van der Waals surface area contributed by atoms with Crippen molar-refractivity contribution in [2.75, 3.05) is 0 Å². The average Bonchev–Trinajstić information content (AvgIpc) is 2.61. The third-order valence-electron chi connectivity index (χ3n) is 4.02. The highest BCUT2D eigenvalue weighted by Gasteiger charge is 2.13. The summed E-state index contributed by atoms with van der Waals surface area (Å²) in [5, 5.41) is 0.